The lowest BCUT2D eigenvalue weighted by Crippen LogP contribution is -2.25. The zero-order chi connectivity index (χ0) is 21.4. The van der Waals surface area contributed by atoms with Crippen LogP contribution in [0.2, 0.25) is 5.02 Å². The van der Waals surface area contributed by atoms with Gasteiger partial charge in [0.15, 0.2) is 0 Å². The number of carbonyl (C=O) groups is 1. The number of aromatic nitrogens is 1. The summed E-state index contributed by atoms with van der Waals surface area (Å²) in [4.78, 5) is 26.1. The van der Waals surface area contributed by atoms with Crippen molar-refractivity contribution in [3.63, 3.8) is 0 Å². The number of methoxy groups -OCH3 is 1. The molecule has 3 N–H and O–H groups in total. The molecule has 8 heteroatoms. The first-order valence-electron chi connectivity index (χ1n) is 9.27. The Morgan fingerprint density at radius 1 is 1.30 bits per heavy atom. The molecule has 0 radical (unpaired) electrons. The van der Waals surface area contributed by atoms with Crippen molar-refractivity contribution in [1.82, 2.24) is 10.3 Å². The van der Waals surface area contributed by atoms with E-state index in [1.165, 1.54) is 11.3 Å². The summed E-state index contributed by atoms with van der Waals surface area (Å²) < 4.78 is 6.28. The average Bonchev–Trinajstić information content (AvgIpc) is 3.23. The SMILES string of the molecule is COc1cc(Cl)c2[nH]c(=O)c3sccc3c2c1-c1ccc(C(C)CNC(=O)O)cc1. The number of fused-ring (bicyclic) bond motifs is 3. The van der Waals surface area contributed by atoms with Crippen LogP contribution in [0.3, 0.4) is 0 Å². The third-order valence-electron chi connectivity index (χ3n) is 5.17. The van der Waals surface area contributed by atoms with Crippen molar-refractivity contribution in [3.05, 3.63) is 62.7 Å². The van der Waals surface area contributed by atoms with Crippen LogP contribution in [0.5, 0.6) is 5.75 Å². The van der Waals surface area contributed by atoms with Crippen LogP contribution in [0, 0.1) is 0 Å². The largest absolute Gasteiger partial charge is 0.496 e. The molecule has 4 aromatic rings. The van der Waals surface area contributed by atoms with E-state index in [2.05, 4.69) is 10.3 Å². The molecular formula is C22H19ClN2O4S. The first-order valence-corrected chi connectivity index (χ1v) is 10.5. The molecule has 0 aliphatic carbocycles. The third-order valence-corrected chi connectivity index (χ3v) is 6.38. The number of H-pyrrole nitrogens is 1. The number of ether oxygens (including phenoxy) is 1. The van der Waals surface area contributed by atoms with Gasteiger partial charge in [-0.25, -0.2) is 4.79 Å². The molecular weight excluding hydrogens is 424 g/mol. The third kappa shape index (κ3) is 3.51. The van der Waals surface area contributed by atoms with Crippen molar-refractivity contribution in [3.8, 4) is 16.9 Å². The van der Waals surface area contributed by atoms with Crippen molar-refractivity contribution in [2.24, 2.45) is 0 Å². The van der Waals surface area contributed by atoms with E-state index < -0.39 is 6.09 Å². The monoisotopic (exact) mass is 442 g/mol. The minimum absolute atomic E-state index is 0.0268. The highest BCUT2D eigenvalue weighted by Gasteiger charge is 2.19. The van der Waals surface area contributed by atoms with Gasteiger partial charge in [0.05, 0.1) is 17.6 Å². The lowest BCUT2D eigenvalue weighted by Gasteiger charge is -2.16. The lowest BCUT2D eigenvalue weighted by atomic mass is 9.94. The number of rotatable bonds is 5. The van der Waals surface area contributed by atoms with Crippen LogP contribution in [-0.2, 0) is 0 Å². The lowest BCUT2D eigenvalue weighted by molar-refractivity contribution is 0.194. The van der Waals surface area contributed by atoms with Gasteiger partial charge in [-0.1, -0.05) is 42.8 Å². The minimum Gasteiger partial charge on any atom is -0.496 e. The van der Waals surface area contributed by atoms with Crippen LogP contribution < -0.4 is 15.6 Å². The molecule has 2 aromatic carbocycles. The van der Waals surface area contributed by atoms with Crippen molar-refractivity contribution in [1.29, 1.82) is 0 Å². The molecule has 0 spiro atoms. The Balaban J connectivity index is 1.90. The maximum atomic E-state index is 12.5. The average molecular weight is 443 g/mol. The fraction of sp³-hybridized carbons (Fsp3) is 0.182. The number of pyridine rings is 1. The maximum Gasteiger partial charge on any atom is 0.404 e. The van der Waals surface area contributed by atoms with Crippen LogP contribution in [0.4, 0.5) is 4.79 Å². The number of benzene rings is 2. The van der Waals surface area contributed by atoms with Crippen LogP contribution in [0.15, 0.2) is 46.6 Å². The second-order valence-corrected chi connectivity index (χ2v) is 8.34. The highest BCUT2D eigenvalue weighted by molar-refractivity contribution is 7.17. The molecule has 1 unspecified atom stereocenters. The summed E-state index contributed by atoms with van der Waals surface area (Å²) in [6.07, 6.45) is -1.04. The summed E-state index contributed by atoms with van der Waals surface area (Å²) in [5.74, 6) is 0.638. The van der Waals surface area contributed by atoms with Gasteiger partial charge in [-0.05, 0) is 28.5 Å². The predicted molar refractivity (Wildman–Crippen MR) is 121 cm³/mol. The number of carboxylic acid groups (broad SMARTS) is 1. The Morgan fingerprint density at radius 3 is 2.70 bits per heavy atom. The molecule has 0 aliphatic heterocycles. The number of amides is 1. The number of hydrogen-bond donors (Lipinski definition) is 3. The second kappa shape index (κ2) is 8.01. The van der Waals surface area contributed by atoms with E-state index in [1.807, 2.05) is 42.6 Å². The molecule has 6 nitrogen and oxygen atoms in total. The van der Waals surface area contributed by atoms with Gasteiger partial charge in [-0.3, -0.25) is 4.79 Å². The van der Waals surface area contributed by atoms with E-state index >= 15 is 0 Å². The van der Waals surface area contributed by atoms with E-state index in [1.54, 1.807) is 13.2 Å². The Labute approximate surface area is 181 Å². The summed E-state index contributed by atoms with van der Waals surface area (Å²) in [6.45, 7) is 2.29. The molecule has 0 fully saturated rings. The van der Waals surface area contributed by atoms with E-state index in [-0.39, 0.29) is 11.5 Å². The fourth-order valence-corrected chi connectivity index (χ4v) is 4.69. The zero-order valence-electron chi connectivity index (χ0n) is 16.3. The summed E-state index contributed by atoms with van der Waals surface area (Å²) in [5.41, 5.74) is 3.18. The van der Waals surface area contributed by atoms with Gasteiger partial charge in [0.2, 0.25) is 0 Å². The van der Waals surface area contributed by atoms with Crippen molar-refractivity contribution in [2.45, 2.75) is 12.8 Å². The summed E-state index contributed by atoms with van der Waals surface area (Å²) in [6, 6.07) is 11.5. The number of halogens is 1. The molecule has 0 aliphatic rings. The second-order valence-electron chi connectivity index (χ2n) is 7.01. The molecule has 2 aromatic heterocycles. The fourth-order valence-electron chi connectivity index (χ4n) is 3.66. The van der Waals surface area contributed by atoms with E-state index in [0.29, 0.717) is 27.5 Å². The van der Waals surface area contributed by atoms with Gasteiger partial charge in [-0.2, -0.15) is 0 Å². The Hall–Kier alpha value is -3.03. The van der Waals surface area contributed by atoms with Crippen LogP contribution in [0.25, 0.3) is 32.1 Å². The quantitative estimate of drug-likeness (QED) is 0.383. The number of nitrogens with one attached hydrogen (secondary N) is 2. The Bertz CT molecular complexity index is 1310. The van der Waals surface area contributed by atoms with Gasteiger partial charge in [0, 0.05) is 28.9 Å². The van der Waals surface area contributed by atoms with E-state index in [0.717, 1.165) is 27.5 Å². The molecule has 0 bridgehead atoms. The molecule has 30 heavy (non-hydrogen) atoms. The number of thiophene rings is 1. The van der Waals surface area contributed by atoms with Gasteiger partial charge >= 0.3 is 6.09 Å². The van der Waals surface area contributed by atoms with Crippen molar-refractivity contribution in [2.75, 3.05) is 13.7 Å². The predicted octanol–water partition coefficient (Wildman–Crippen LogP) is 5.44. The first-order chi connectivity index (χ1) is 14.4. The highest BCUT2D eigenvalue weighted by Crippen LogP contribution is 2.43. The normalized spacial score (nSPS) is 12.2. The van der Waals surface area contributed by atoms with Crippen LogP contribution >= 0.6 is 22.9 Å². The number of hydrogen-bond acceptors (Lipinski definition) is 4. The summed E-state index contributed by atoms with van der Waals surface area (Å²) >= 11 is 7.85. The summed E-state index contributed by atoms with van der Waals surface area (Å²) in [7, 11) is 1.59. The Kier molecular flexibility index (Phi) is 5.40. The van der Waals surface area contributed by atoms with E-state index in [9.17, 15) is 9.59 Å². The highest BCUT2D eigenvalue weighted by atomic mass is 35.5. The molecule has 4 rings (SSSR count). The van der Waals surface area contributed by atoms with E-state index in [4.69, 9.17) is 21.4 Å². The van der Waals surface area contributed by atoms with Gasteiger partial charge < -0.3 is 20.1 Å². The van der Waals surface area contributed by atoms with Crippen molar-refractivity contribution < 1.29 is 14.6 Å². The first kappa shape index (κ1) is 20.3. The van der Waals surface area contributed by atoms with Gasteiger partial charge in [0.25, 0.3) is 5.56 Å². The number of aromatic amines is 1. The molecule has 0 saturated heterocycles. The van der Waals surface area contributed by atoms with Crippen LogP contribution in [-0.4, -0.2) is 29.8 Å². The maximum absolute atomic E-state index is 12.5. The topological polar surface area (TPSA) is 91.4 Å². The Morgan fingerprint density at radius 2 is 2.03 bits per heavy atom. The molecule has 0 saturated carbocycles. The van der Waals surface area contributed by atoms with Crippen molar-refractivity contribution >= 4 is 50.0 Å². The summed E-state index contributed by atoms with van der Waals surface area (Å²) in [5, 5.41) is 15.2. The minimum atomic E-state index is -1.04. The smallest absolute Gasteiger partial charge is 0.404 e. The molecule has 1 amide bonds. The molecule has 2 heterocycles. The van der Waals surface area contributed by atoms with Crippen LogP contribution in [0.1, 0.15) is 18.4 Å². The van der Waals surface area contributed by atoms with Gasteiger partial charge in [-0.15, -0.1) is 11.3 Å². The van der Waals surface area contributed by atoms with Gasteiger partial charge in [0.1, 0.15) is 10.4 Å². The standard InChI is InChI=1S/C22H19ClN2O4S/c1-11(10-24-22(27)28)12-3-5-13(6-4-12)17-16(29-2)9-15(23)19-18(17)14-7-8-30-20(14)21(26)25-19/h3-9,11,24H,10H2,1-2H3,(H,25,26)(H,27,28). The molecule has 1 atom stereocenters. The molecule has 154 valence electrons. The zero-order valence-corrected chi connectivity index (χ0v) is 17.9.